The van der Waals surface area contributed by atoms with E-state index in [1.165, 1.54) is 13.0 Å². The monoisotopic (exact) mass is 432 g/mol. The molecule has 3 aromatic carbocycles. The summed E-state index contributed by atoms with van der Waals surface area (Å²) in [4.78, 5) is 37.9. The van der Waals surface area contributed by atoms with Crippen molar-refractivity contribution in [1.82, 2.24) is 4.57 Å². The number of hydrogen-bond donors (Lipinski definition) is 1. The standard InChI is InChI=1S/C25H21FN2O4/c1-15-11-12-17(13-20(15)26)27-25(31)16(2)32-23(29)14-28-21-9-5-3-7-18(21)24(30)19-8-4-6-10-22(19)28/h3-13,16H,14H2,1-2H3,(H,27,31). The molecule has 0 spiro atoms. The second kappa shape index (κ2) is 8.63. The van der Waals surface area contributed by atoms with Gasteiger partial charge in [-0.1, -0.05) is 30.3 Å². The normalized spacial score (nSPS) is 12.0. The summed E-state index contributed by atoms with van der Waals surface area (Å²) >= 11 is 0. The number of anilines is 1. The van der Waals surface area contributed by atoms with Gasteiger partial charge in [0.15, 0.2) is 11.5 Å². The molecule has 0 aliphatic rings. The van der Waals surface area contributed by atoms with Gasteiger partial charge in [-0.25, -0.2) is 4.39 Å². The molecule has 1 N–H and O–H groups in total. The fraction of sp³-hybridized carbons (Fsp3) is 0.160. The maximum atomic E-state index is 13.7. The summed E-state index contributed by atoms with van der Waals surface area (Å²) in [5.41, 5.74) is 1.82. The molecule has 162 valence electrons. The molecule has 0 aliphatic carbocycles. The number of amides is 1. The number of aryl methyl sites for hydroxylation is 1. The number of carbonyl (C=O) groups is 2. The molecule has 0 radical (unpaired) electrons. The number of nitrogens with zero attached hydrogens (tertiary/aromatic N) is 1. The number of ether oxygens (including phenoxy) is 1. The van der Waals surface area contributed by atoms with Crippen LogP contribution in [0.1, 0.15) is 12.5 Å². The Hall–Kier alpha value is -4.00. The van der Waals surface area contributed by atoms with Crippen molar-refractivity contribution in [2.24, 2.45) is 0 Å². The van der Waals surface area contributed by atoms with E-state index in [2.05, 4.69) is 5.32 Å². The molecule has 1 unspecified atom stereocenters. The van der Waals surface area contributed by atoms with E-state index in [4.69, 9.17) is 4.74 Å². The third kappa shape index (κ3) is 4.09. The van der Waals surface area contributed by atoms with E-state index in [0.717, 1.165) is 0 Å². The molecule has 0 bridgehead atoms. The SMILES string of the molecule is Cc1ccc(NC(=O)C(C)OC(=O)Cn2c3ccccc3c(=O)c3ccccc32)cc1F. The number of esters is 1. The Kier molecular flexibility index (Phi) is 5.73. The van der Waals surface area contributed by atoms with Crippen LogP contribution in [0, 0.1) is 12.7 Å². The van der Waals surface area contributed by atoms with Crippen LogP contribution in [0.2, 0.25) is 0 Å². The number of para-hydroxylation sites is 2. The average molecular weight is 432 g/mol. The lowest BCUT2D eigenvalue weighted by Gasteiger charge is -2.17. The first-order valence-electron chi connectivity index (χ1n) is 10.1. The van der Waals surface area contributed by atoms with Gasteiger partial charge >= 0.3 is 5.97 Å². The van der Waals surface area contributed by atoms with Crippen LogP contribution in [0.5, 0.6) is 0 Å². The van der Waals surface area contributed by atoms with Gasteiger partial charge in [-0.3, -0.25) is 14.4 Å². The van der Waals surface area contributed by atoms with Crippen LogP contribution >= 0.6 is 0 Å². The number of nitrogens with one attached hydrogen (secondary N) is 1. The molecule has 0 saturated carbocycles. The van der Waals surface area contributed by atoms with Gasteiger partial charge in [-0.05, 0) is 55.8 Å². The largest absolute Gasteiger partial charge is 0.451 e. The minimum atomic E-state index is -1.09. The van der Waals surface area contributed by atoms with Gasteiger partial charge in [-0.2, -0.15) is 0 Å². The third-order valence-electron chi connectivity index (χ3n) is 5.28. The first-order chi connectivity index (χ1) is 15.3. The van der Waals surface area contributed by atoms with Crippen molar-refractivity contribution in [3.63, 3.8) is 0 Å². The van der Waals surface area contributed by atoms with E-state index in [0.29, 0.717) is 27.4 Å². The average Bonchev–Trinajstić information content (AvgIpc) is 2.79. The van der Waals surface area contributed by atoms with Crippen LogP contribution in [0.3, 0.4) is 0 Å². The van der Waals surface area contributed by atoms with Gasteiger partial charge in [0.25, 0.3) is 5.91 Å². The van der Waals surface area contributed by atoms with E-state index in [9.17, 15) is 18.8 Å². The van der Waals surface area contributed by atoms with Crippen LogP contribution in [0.4, 0.5) is 10.1 Å². The molecule has 0 aliphatic heterocycles. The minimum Gasteiger partial charge on any atom is -0.451 e. The first-order valence-corrected chi connectivity index (χ1v) is 10.1. The molecule has 6 nitrogen and oxygen atoms in total. The predicted molar refractivity (Wildman–Crippen MR) is 121 cm³/mol. The van der Waals surface area contributed by atoms with Crippen LogP contribution in [0.25, 0.3) is 21.8 Å². The van der Waals surface area contributed by atoms with Gasteiger partial charge in [-0.15, -0.1) is 0 Å². The maximum absolute atomic E-state index is 13.7. The highest BCUT2D eigenvalue weighted by Gasteiger charge is 2.20. The van der Waals surface area contributed by atoms with E-state index >= 15 is 0 Å². The van der Waals surface area contributed by atoms with Gasteiger partial charge in [0.2, 0.25) is 0 Å². The van der Waals surface area contributed by atoms with Crippen LogP contribution < -0.4 is 10.7 Å². The number of carbonyl (C=O) groups excluding carboxylic acids is 2. The van der Waals surface area contributed by atoms with Crippen molar-refractivity contribution in [3.8, 4) is 0 Å². The summed E-state index contributed by atoms with van der Waals surface area (Å²) in [5, 5.41) is 3.53. The first kappa shape index (κ1) is 21.2. The number of benzene rings is 3. The van der Waals surface area contributed by atoms with Crippen molar-refractivity contribution < 1.29 is 18.7 Å². The Balaban J connectivity index is 1.56. The second-order valence-corrected chi connectivity index (χ2v) is 7.53. The van der Waals surface area contributed by atoms with Crippen molar-refractivity contribution >= 4 is 39.4 Å². The molecular weight excluding hydrogens is 411 g/mol. The summed E-state index contributed by atoms with van der Waals surface area (Å²) in [7, 11) is 0. The molecular formula is C25H21FN2O4. The molecule has 1 aromatic heterocycles. The minimum absolute atomic E-state index is 0.112. The summed E-state index contributed by atoms with van der Waals surface area (Å²) in [6.45, 7) is 2.88. The number of hydrogen-bond acceptors (Lipinski definition) is 4. The molecule has 1 heterocycles. The number of rotatable bonds is 5. The molecule has 7 heteroatoms. The van der Waals surface area contributed by atoms with Crippen LogP contribution in [-0.4, -0.2) is 22.5 Å². The predicted octanol–water partition coefficient (Wildman–Crippen LogP) is 4.17. The lowest BCUT2D eigenvalue weighted by Crippen LogP contribution is -2.31. The van der Waals surface area contributed by atoms with Crippen molar-refractivity contribution in [2.45, 2.75) is 26.5 Å². The van der Waals surface area contributed by atoms with E-state index in [-0.39, 0.29) is 17.7 Å². The molecule has 1 atom stereocenters. The second-order valence-electron chi connectivity index (χ2n) is 7.53. The smallest absolute Gasteiger partial charge is 0.326 e. The van der Waals surface area contributed by atoms with Crippen LogP contribution in [0.15, 0.2) is 71.5 Å². The van der Waals surface area contributed by atoms with Crippen LogP contribution in [-0.2, 0) is 20.9 Å². The third-order valence-corrected chi connectivity index (χ3v) is 5.28. The zero-order chi connectivity index (χ0) is 22.8. The van der Waals surface area contributed by atoms with E-state index in [1.54, 1.807) is 72.2 Å². The number of aromatic nitrogens is 1. The molecule has 0 saturated heterocycles. The van der Waals surface area contributed by atoms with Gasteiger partial charge in [0.1, 0.15) is 12.4 Å². The summed E-state index contributed by atoms with van der Waals surface area (Å²) in [6.07, 6.45) is -1.09. The lowest BCUT2D eigenvalue weighted by atomic mass is 10.1. The summed E-state index contributed by atoms with van der Waals surface area (Å²) < 4.78 is 20.7. The summed E-state index contributed by atoms with van der Waals surface area (Å²) in [5.74, 6) is -1.65. The van der Waals surface area contributed by atoms with Crippen molar-refractivity contribution in [2.75, 3.05) is 5.32 Å². The fourth-order valence-corrected chi connectivity index (χ4v) is 3.58. The zero-order valence-electron chi connectivity index (χ0n) is 17.6. The van der Waals surface area contributed by atoms with Crippen molar-refractivity contribution in [3.05, 3.63) is 88.3 Å². The molecule has 1 amide bonds. The summed E-state index contributed by atoms with van der Waals surface area (Å²) in [6, 6.07) is 18.4. The fourth-order valence-electron chi connectivity index (χ4n) is 3.58. The van der Waals surface area contributed by atoms with Gasteiger partial charge in [0.05, 0.1) is 11.0 Å². The Morgan fingerprint density at radius 1 is 1.00 bits per heavy atom. The number of pyridine rings is 1. The lowest BCUT2D eigenvalue weighted by molar-refractivity contribution is -0.153. The highest BCUT2D eigenvalue weighted by Crippen LogP contribution is 2.19. The number of fused-ring (bicyclic) bond motifs is 2. The Morgan fingerprint density at radius 3 is 2.19 bits per heavy atom. The Labute approximate surface area is 183 Å². The zero-order valence-corrected chi connectivity index (χ0v) is 17.6. The van der Waals surface area contributed by atoms with E-state index in [1.807, 2.05) is 0 Å². The molecule has 0 fully saturated rings. The highest BCUT2D eigenvalue weighted by atomic mass is 19.1. The maximum Gasteiger partial charge on any atom is 0.326 e. The quantitative estimate of drug-likeness (QED) is 0.379. The Morgan fingerprint density at radius 2 is 1.59 bits per heavy atom. The molecule has 4 rings (SSSR count). The molecule has 4 aromatic rings. The van der Waals surface area contributed by atoms with Crippen molar-refractivity contribution in [1.29, 1.82) is 0 Å². The highest BCUT2D eigenvalue weighted by molar-refractivity contribution is 5.96. The molecule has 32 heavy (non-hydrogen) atoms. The van der Waals surface area contributed by atoms with Gasteiger partial charge < -0.3 is 14.6 Å². The van der Waals surface area contributed by atoms with Gasteiger partial charge in [0, 0.05) is 16.5 Å². The van der Waals surface area contributed by atoms with E-state index < -0.39 is 23.8 Å². The number of halogens is 1. The Bertz CT molecular complexity index is 1350. The topological polar surface area (TPSA) is 77.4 Å².